The molecule has 3 aromatic rings. The lowest BCUT2D eigenvalue weighted by molar-refractivity contribution is 0.0460. The molecule has 2 aromatic carbocycles. The minimum Gasteiger partial charge on any atom is -0.508 e. The Balaban J connectivity index is 1.37. The summed E-state index contributed by atoms with van der Waals surface area (Å²) in [5.74, 6) is 0.930. The van der Waals surface area contributed by atoms with Crippen molar-refractivity contribution in [2.45, 2.75) is 45.3 Å². The Hall–Kier alpha value is -2.72. The highest BCUT2D eigenvalue weighted by atomic mass is 16.5. The third kappa shape index (κ3) is 6.19. The van der Waals surface area contributed by atoms with E-state index in [-0.39, 0.29) is 11.9 Å². The Bertz CT molecular complexity index is 802. The zero-order valence-electron chi connectivity index (χ0n) is 15.7. The van der Waals surface area contributed by atoms with Crippen molar-refractivity contribution in [3.63, 3.8) is 0 Å². The fourth-order valence-electron chi connectivity index (χ4n) is 2.90. The summed E-state index contributed by atoms with van der Waals surface area (Å²) in [6, 6.07) is 17.2. The smallest absolute Gasteiger partial charge is 0.159 e. The zero-order chi connectivity index (χ0) is 18.9. The number of hydrogen-bond donors (Lipinski definition) is 1. The highest BCUT2D eigenvalue weighted by Crippen LogP contribution is 2.18. The molecule has 4 nitrogen and oxygen atoms in total. The molecule has 1 aromatic heterocycles. The molecule has 0 amide bonds. The van der Waals surface area contributed by atoms with Gasteiger partial charge in [0.05, 0.1) is 12.7 Å². The largest absolute Gasteiger partial charge is 0.508 e. The van der Waals surface area contributed by atoms with Crippen LogP contribution in [0.3, 0.4) is 0 Å². The molecule has 0 saturated heterocycles. The number of ether oxygens (including phenoxy) is 1. The van der Waals surface area contributed by atoms with E-state index in [0.29, 0.717) is 12.4 Å². The van der Waals surface area contributed by atoms with Crippen molar-refractivity contribution in [1.29, 1.82) is 0 Å². The fourth-order valence-corrected chi connectivity index (χ4v) is 2.90. The van der Waals surface area contributed by atoms with E-state index in [0.717, 1.165) is 36.8 Å². The van der Waals surface area contributed by atoms with Gasteiger partial charge in [-0.25, -0.2) is 9.97 Å². The summed E-state index contributed by atoms with van der Waals surface area (Å²) in [6.07, 6.45) is 8.30. The summed E-state index contributed by atoms with van der Waals surface area (Å²) in [5, 5.41) is 9.35. The summed E-state index contributed by atoms with van der Waals surface area (Å²) < 4.78 is 5.91. The first-order chi connectivity index (χ1) is 13.2. The Morgan fingerprint density at radius 3 is 2.30 bits per heavy atom. The second-order valence-corrected chi connectivity index (χ2v) is 6.81. The number of phenols is 1. The van der Waals surface area contributed by atoms with Crippen LogP contribution in [0.25, 0.3) is 11.4 Å². The average Bonchev–Trinajstić information content (AvgIpc) is 2.71. The number of aromatic hydroxyl groups is 1. The lowest BCUT2D eigenvalue weighted by Crippen LogP contribution is -2.08. The van der Waals surface area contributed by atoms with Gasteiger partial charge in [0.25, 0.3) is 0 Å². The number of aryl methyl sites for hydroxylation is 1. The van der Waals surface area contributed by atoms with Gasteiger partial charge in [0.15, 0.2) is 5.82 Å². The average molecular weight is 362 g/mol. The van der Waals surface area contributed by atoms with E-state index in [1.807, 2.05) is 42.7 Å². The van der Waals surface area contributed by atoms with E-state index in [1.54, 1.807) is 12.1 Å². The molecule has 0 radical (unpaired) electrons. The topological polar surface area (TPSA) is 55.2 Å². The van der Waals surface area contributed by atoms with Crippen LogP contribution in [0.2, 0.25) is 0 Å². The van der Waals surface area contributed by atoms with Crippen molar-refractivity contribution < 1.29 is 9.84 Å². The number of aromatic nitrogens is 2. The van der Waals surface area contributed by atoms with Crippen LogP contribution >= 0.6 is 0 Å². The Labute approximate surface area is 160 Å². The molecular formula is C23H26N2O2. The van der Waals surface area contributed by atoms with Gasteiger partial charge in [0.1, 0.15) is 5.75 Å². The van der Waals surface area contributed by atoms with Crippen molar-refractivity contribution in [3.8, 4) is 17.1 Å². The van der Waals surface area contributed by atoms with Crippen molar-refractivity contribution in [3.05, 3.63) is 78.1 Å². The van der Waals surface area contributed by atoms with Crippen molar-refractivity contribution in [2.24, 2.45) is 0 Å². The molecule has 0 aliphatic carbocycles. The van der Waals surface area contributed by atoms with Gasteiger partial charge in [-0.2, -0.15) is 0 Å². The predicted octanol–water partition coefficient (Wildman–Crippen LogP) is 5.17. The first-order valence-electron chi connectivity index (χ1n) is 9.46. The van der Waals surface area contributed by atoms with E-state index in [2.05, 4.69) is 29.0 Å². The number of nitrogens with zero attached hydrogens (tertiary/aromatic N) is 2. The van der Waals surface area contributed by atoms with E-state index in [1.165, 1.54) is 5.56 Å². The van der Waals surface area contributed by atoms with Crippen molar-refractivity contribution >= 4 is 0 Å². The molecule has 0 aliphatic rings. The van der Waals surface area contributed by atoms with Crippen LogP contribution in [0.1, 0.15) is 37.3 Å². The van der Waals surface area contributed by atoms with Gasteiger partial charge in [-0.3, -0.25) is 0 Å². The molecule has 0 saturated carbocycles. The minimum absolute atomic E-state index is 0.248. The van der Waals surface area contributed by atoms with Crippen LogP contribution < -0.4 is 0 Å². The predicted molar refractivity (Wildman–Crippen MR) is 107 cm³/mol. The van der Waals surface area contributed by atoms with Crippen LogP contribution in [-0.2, 0) is 17.8 Å². The number of phenolic OH excluding ortho intramolecular Hbond substituents is 1. The SMILES string of the molecule is CC(CCCCc1cnc(-c2ccc(O)cc2)nc1)OCc1ccccc1. The summed E-state index contributed by atoms with van der Waals surface area (Å²) in [6.45, 7) is 2.81. The maximum absolute atomic E-state index is 9.35. The number of benzene rings is 2. The molecule has 0 fully saturated rings. The van der Waals surface area contributed by atoms with Crippen molar-refractivity contribution in [1.82, 2.24) is 9.97 Å². The molecule has 4 heteroatoms. The molecule has 1 atom stereocenters. The molecule has 1 N–H and O–H groups in total. The molecule has 0 spiro atoms. The third-order valence-electron chi connectivity index (χ3n) is 4.53. The first-order valence-corrected chi connectivity index (χ1v) is 9.46. The normalized spacial score (nSPS) is 12.0. The van der Waals surface area contributed by atoms with Crippen molar-refractivity contribution in [2.75, 3.05) is 0 Å². The molecular weight excluding hydrogens is 336 g/mol. The molecule has 0 aliphatic heterocycles. The molecule has 0 bridgehead atoms. The highest BCUT2D eigenvalue weighted by Gasteiger charge is 2.05. The van der Waals surface area contributed by atoms with Crippen LogP contribution in [0, 0.1) is 0 Å². The van der Waals surface area contributed by atoms with Crippen LogP contribution in [-0.4, -0.2) is 21.2 Å². The Morgan fingerprint density at radius 2 is 1.59 bits per heavy atom. The lowest BCUT2D eigenvalue weighted by Gasteiger charge is -2.13. The van der Waals surface area contributed by atoms with Gasteiger partial charge >= 0.3 is 0 Å². The van der Waals surface area contributed by atoms with E-state index < -0.39 is 0 Å². The third-order valence-corrected chi connectivity index (χ3v) is 4.53. The first kappa shape index (κ1) is 19.1. The summed E-state index contributed by atoms with van der Waals surface area (Å²) in [7, 11) is 0. The molecule has 27 heavy (non-hydrogen) atoms. The highest BCUT2D eigenvalue weighted by molar-refractivity contribution is 5.55. The summed E-state index contributed by atoms with van der Waals surface area (Å²) in [5.41, 5.74) is 3.27. The maximum Gasteiger partial charge on any atom is 0.159 e. The van der Waals surface area contributed by atoms with Gasteiger partial charge in [0, 0.05) is 18.0 Å². The molecule has 1 heterocycles. The lowest BCUT2D eigenvalue weighted by atomic mass is 10.1. The van der Waals surface area contributed by atoms with Crippen LogP contribution in [0.4, 0.5) is 0 Å². The Kier molecular flexibility index (Phi) is 6.94. The quantitative estimate of drug-likeness (QED) is 0.534. The van der Waals surface area contributed by atoms with Gasteiger partial charge in [0.2, 0.25) is 0 Å². The van der Waals surface area contributed by atoms with Crippen LogP contribution in [0.15, 0.2) is 67.0 Å². The molecule has 140 valence electrons. The number of hydrogen-bond acceptors (Lipinski definition) is 4. The van der Waals surface area contributed by atoms with E-state index in [9.17, 15) is 5.11 Å². The number of unbranched alkanes of at least 4 members (excludes halogenated alkanes) is 1. The maximum atomic E-state index is 9.35. The standard InChI is InChI=1S/C23H26N2O2/c1-18(27-17-19-8-3-2-4-9-19)7-5-6-10-20-15-24-23(25-16-20)21-11-13-22(26)14-12-21/h2-4,8-9,11-16,18,26H,5-7,10,17H2,1H3. The number of rotatable bonds is 9. The molecule has 1 unspecified atom stereocenters. The molecule has 3 rings (SSSR count). The van der Waals surface area contributed by atoms with Gasteiger partial charge in [-0.15, -0.1) is 0 Å². The fraction of sp³-hybridized carbons (Fsp3) is 0.304. The van der Waals surface area contributed by atoms with Gasteiger partial charge in [-0.05, 0) is 61.6 Å². The summed E-state index contributed by atoms with van der Waals surface area (Å²) >= 11 is 0. The zero-order valence-corrected chi connectivity index (χ0v) is 15.7. The van der Waals surface area contributed by atoms with Gasteiger partial charge < -0.3 is 9.84 Å². The Morgan fingerprint density at radius 1 is 0.889 bits per heavy atom. The minimum atomic E-state index is 0.248. The second-order valence-electron chi connectivity index (χ2n) is 6.81. The van der Waals surface area contributed by atoms with E-state index >= 15 is 0 Å². The monoisotopic (exact) mass is 362 g/mol. The second kappa shape index (κ2) is 9.83. The van der Waals surface area contributed by atoms with E-state index in [4.69, 9.17) is 4.74 Å². The summed E-state index contributed by atoms with van der Waals surface area (Å²) in [4.78, 5) is 8.88. The van der Waals surface area contributed by atoms with Gasteiger partial charge in [-0.1, -0.05) is 36.8 Å². The van der Waals surface area contributed by atoms with Crippen LogP contribution in [0.5, 0.6) is 5.75 Å².